The van der Waals surface area contributed by atoms with E-state index in [0.717, 1.165) is 12.1 Å². The lowest BCUT2D eigenvalue weighted by atomic mass is 9.70. The highest BCUT2D eigenvalue weighted by molar-refractivity contribution is 5.48. The summed E-state index contributed by atoms with van der Waals surface area (Å²) in [6, 6.07) is 10.6. The third-order valence-electron chi connectivity index (χ3n) is 5.03. The van der Waals surface area contributed by atoms with Gasteiger partial charge in [-0.05, 0) is 54.3 Å². The summed E-state index contributed by atoms with van der Waals surface area (Å²) < 4.78 is 85.7. The molecule has 0 bridgehead atoms. The van der Waals surface area contributed by atoms with Gasteiger partial charge in [0.15, 0.2) is 0 Å². The van der Waals surface area contributed by atoms with Crippen molar-refractivity contribution in [2.24, 2.45) is 0 Å². The molecule has 188 valence electrons. The molecular formula is C26H25F6NO2. The Hall–Kier alpha value is -3.62. The molecule has 0 amide bonds. The van der Waals surface area contributed by atoms with Crippen molar-refractivity contribution in [3.05, 3.63) is 109 Å². The number of nitrogens with one attached hydrogen (secondary N) is 1. The van der Waals surface area contributed by atoms with E-state index in [-0.39, 0.29) is 13.0 Å². The van der Waals surface area contributed by atoms with E-state index in [9.17, 15) is 26.3 Å². The molecule has 0 atom stereocenters. The standard InChI is InChI=1S/C26H25F6NO2/c1-5-9-19(6-2)16-24(17-33-18(3)4,20-10-7-12-22(14-20)34-25(27,28)29)21-11-8-13-23(15-21)35-26(30,31)32/h5-15,33H,1-3,16-17H2,4H3/b19-9+. The highest BCUT2D eigenvalue weighted by Crippen LogP contribution is 2.41. The first-order valence-corrected chi connectivity index (χ1v) is 10.3. The van der Waals surface area contributed by atoms with Crippen LogP contribution >= 0.6 is 0 Å². The van der Waals surface area contributed by atoms with Crippen molar-refractivity contribution in [1.82, 2.24) is 5.32 Å². The number of rotatable bonds is 11. The second-order valence-electron chi connectivity index (χ2n) is 7.73. The van der Waals surface area contributed by atoms with Crippen molar-refractivity contribution in [1.29, 1.82) is 0 Å². The van der Waals surface area contributed by atoms with Crippen molar-refractivity contribution in [2.75, 3.05) is 6.54 Å². The van der Waals surface area contributed by atoms with Crippen molar-refractivity contribution in [3.8, 4) is 11.5 Å². The maximum Gasteiger partial charge on any atom is 0.573 e. The van der Waals surface area contributed by atoms with Crippen molar-refractivity contribution >= 4 is 0 Å². The molecule has 9 heteroatoms. The number of allylic oxidation sites excluding steroid dienone is 5. The Labute approximate surface area is 200 Å². The van der Waals surface area contributed by atoms with E-state index >= 15 is 0 Å². The zero-order valence-electron chi connectivity index (χ0n) is 19.0. The molecule has 0 heterocycles. The maximum absolute atomic E-state index is 12.9. The first kappa shape index (κ1) is 27.6. The monoisotopic (exact) mass is 497 g/mol. The van der Waals surface area contributed by atoms with Crippen molar-refractivity contribution in [2.45, 2.75) is 31.5 Å². The predicted molar refractivity (Wildman–Crippen MR) is 123 cm³/mol. The molecule has 0 aliphatic rings. The lowest BCUT2D eigenvalue weighted by Gasteiger charge is -2.37. The minimum Gasteiger partial charge on any atom is -0.406 e. The number of halogens is 6. The number of hydrogen-bond acceptors (Lipinski definition) is 3. The minimum absolute atomic E-state index is 0.0790. The zero-order chi connectivity index (χ0) is 26.3. The fourth-order valence-electron chi connectivity index (χ4n) is 3.62. The van der Waals surface area contributed by atoms with Gasteiger partial charge >= 0.3 is 12.7 Å². The Bertz CT molecular complexity index is 1030. The molecule has 2 aromatic carbocycles. The number of hydrogen-bond donors (Lipinski definition) is 1. The Morgan fingerprint density at radius 2 is 1.37 bits per heavy atom. The van der Waals surface area contributed by atoms with Gasteiger partial charge in [-0.15, -0.1) is 26.3 Å². The minimum atomic E-state index is -4.92. The van der Waals surface area contributed by atoms with E-state index in [1.165, 1.54) is 30.3 Å². The van der Waals surface area contributed by atoms with Gasteiger partial charge < -0.3 is 14.8 Å². The fourth-order valence-corrected chi connectivity index (χ4v) is 3.62. The second kappa shape index (κ2) is 11.2. The molecule has 0 fully saturated rings. The van der Waals surface area contributed by atoms with Crippen LogP contribution in [-0.4, -0.2) is 19.3 Å². The van der Waals surface area contributed by atoms with Gasteiger partial charge in [-0.25, -0.2) is 0 Å². The molecule has 35 heavy (non-hydrogen) atoms. The number of benzene rings is 2. The Morgan fingerprint density at radius 1 is 0.886 bits per heavy atom. The van der Waals surface area contributed by atoms with E-state index in [0.29, 0.717) is 22.4 Å². The molecule has 0 saturated carbocycles. The molecular weight excluding hydrogens is 472 g/mol. The van der Waals surface area contributed by atoms with Gasteiger partial charge in [-0.2, -0.15) is 0 Å². The summed E-state index contributed by atoms with van der Waals surface area (Å²) in [6.45, 7) is 13.0. The van der Waals surface area contributed by atoms with Crippen LogP contribution in [0.1, 0.15) is 24.5 Å². The molecule has 2 aromatic rings. The van der Waals surface area contributed by atoms with Gasteiger partial charge in [-0.3, -0.25) is 0 Å². The molecule has 0 unspecified atom stereocenters. The van der Waals surface area contributed by atoms with Crippen LogP contribution in [0.4, 0.5) is 26.3 Å². The van der Waals surface area contributed by atoms with E-state index in [1.54, 1.807) is 31.2 Å². The Balaban J connectivity index is 2.80. The first-order chi connectivity index (χ1) is 16.3. The van der Waals surface area contributed by atoms with E-state index in [4.69, 9.17) is 0 Å². The van der Waals surface area contributed by atoms with Crippen molar-refractivity contribution in [3.63, 3.8) is 0 Å². The summed E-state index contributed by atoms with van der Waals surface area (Å²) in [6.07, 6.45) is -4.98. The predicted octanol–water partition coefficient (Wildman–Crippen LogP) is 7.58. The summed E-state index contributed by atoms with van der Waals surface area (Å²) >= 11 is 0. The fraction of sp³-hybridized carbons (Fsp3) is 0.231. The lowest BCUT2D eigenvalue weighted by Crippen LogP contribution is -2.39. The molecule has 0 spiro atoms. The van der Waals surface area contributed by atoms with Crippen LogP contribution in [0, 0.1) is 0 Å². The lowest BCUT2D eigenvalue weighted by molar-refractivity contribution is -0.275. The SMILES string of the molecule is C=C/C=C(\C=C)CC(CNC(=C)C)(c1cccc(OC(F)(F)F)c1)c1cccc(OC(F)(F)F)c1. The van der Waals surface area contributed by atoms with Crippen LogP contribution < -0.4 is 14.8 Å². The average molecular weight is 497 g/mol. The van der Waals surface area contributed by atoms with Gasteiger partial charge in [0.2, 0.25) is 0 Å². The third kappa shape index (κ3) is 8.27. The topological polar surface area (TPSA) is 30.5 Å². The highest BCUT2D eigenvalue weighted by atomic mass is 19.4. The van der Waals surface area contributed by atoms with Crippen LogP contribution in [-0.2, 0) is 5.41 Å². The highest BCUT2D eigenvalue weighted by Gasteiger charge is 2.38. The summed E-state index contributed by atoms with van der Waals surface area (Å²) in [5, 5.41) is 3.08. The molecule has 1 N–H and O–H groups in total. The van der Waals surface area contributed by atoms with Gasteiger partial charge in [0.05, 0.1) is 0 Å². The quantitative estimate of drug-likeness (QED) is 0.256. The van der Waals surface area contributed by atoms with Crippen LogP contribution in [0.5, 0.6) is 11.5 Å². The molecule has 0 radical (unpaired) electrons. The van der Waals surface area contributed by atoms with Gasteiger partial charge in [0.1, 0.15) is 11.5 Å². The summed E-state index contributed by atoms with van der Waals surface area (Å²) in [7, 11) is 0. The molecule has 0 aliphatic heterocycles. The maximum atomic E-state index is 12.9. The summed E-state index contributed by atoms with van der Waals surface area (Å²) in [5.41, 5.74) is 0.723. The second-order valence-corrected chi connectivity index (χ2v) is 7.73. The van der Waals surface area contributed by atoms with Gasteiger partial charge in [-0.1, -0.05) is 62.2 Å². The van der Waals surface area contributed by atoms with E-state index in [2.05, 4.69) is 34.5 Å². The third-order valence-corrected chi connectivity index (χ3v) is 5.03. The van der Waals surface area contributed by atoms with Gasteiger partial charge in [0, 0.05) is 17.7 Å². The Morgan fingerprint density at radius 3 is 1.74 bits per heavy atom. The van der Waals surface area contributed by atoms with Crippen molar-refractivity contribution < 1.29 is 35.8 Å². The van der Waals surface area contributed by atoms with Crippen LogP contribution in [0.2, 0.25) is 0 Å². The largest absolute Gasteiger partial charge is 0.573 e. The smallest absolute Gasteiger partial charge is 0.406 e. The first-order valence-electron chi connectivity index (χ1n) is 10.3. The zero-order valence-corrected chi connectivity index (χ0v) is 19.0. The molecule has 0 aliphatic carbocycles. The number of ether oxygens (including phenoxy) is 2. The average Bonchev–Trinajstić information content (AvgIpc) is 2.74. The molecule has 3 nitrogen and oxygen atoms in total. The molecule has 0 aromatic heterocycles. The molecule has 2 rings (SSSR count). The van der Waals surface area contributed by atoms with Gasteiger partial charge in [0.25, 0.3) is 0 Å². The summed E-state index contributed by atoms with van der Waals surface area (Å²) in [5.74, 6) is -0.935. The van der Waals surface area contributed by atoms with Crippen LogP contribution in [0.15, 0.2) is 97.8 Å². The number of alkyl halides is 6. The van der Waals surface area contributed by atoms with Crippen LogP contribution in [0.3, 0.4) is 0 Å². The van der Waals surface area contributed by atoms with Crippen LogP contribution in [0.25, 0.3) is 0 Å². The summed E-state index contributed by atoms with van der Waals surface area (Å²) in [4.78, 5) is 0. The molecule has 0 saturated heterocycles. The Kier molecular flexibility index (Phi) is 8.84. The van der Waals surface area contributed by atoms with E-state index < -0.39 is 29.6 Å². The normalized spacial score (nSPS) is 12.6. The van der Waals surface area contributed by atoms with E-state index in [1.807, 2.05) is 0 Å².